The van der Waals surface area contributed by atoms with Crippen LogP contribution in [0.2, 0.25) is 0 Å². The third kappa shape index (κ3) is 6.03. The zero-order valence-electron chi connectivity index (χ0n) is 10.8. The molecule has 0 saturated carbocycles. The number of nitrogens with one attached hydrogen (secondary N) is 1. The Morgan fingerprint density at radius 2 is 1.75 bits per heavy atom. The van der Waals surface area contributed by atoms with Gasteiger partial charge in [-0.15, -0.1) is 0 Å². The first-order valence-corrected chi connectivity index (χ1v) is 6.08. The van der Waals surface area contributed by atoms with Gasteiger partial charge in [-0.05, 0) is 12.8 Å². The molecule has 0 bridgehead atoms. The third-order valence-corrected chi connectivity index (χ3v) is 3.32. The number of nitrogens with zero attached hydrogens (tertiary/aromatic N) is 1. The Labute approximate surface area is 117 Å². The van der Waals surface area contributed by atoms with Crippen molar-refractivity contribution in [1.82, 2.24) is 5.32 Å². The van der Waals surface area contributed by atoms with E-state index in [1.807, 2.05) is 0 Å². The summed E-state index contributed by atoms with van der Waals surface area (Å²) in [5.41, 5.74) is 0. The van der Waals surface area contributed by atoms with Gasteiger partial charge in [0.15, 0.2) is 0 Å². The van der Waals surface area contributed by atoms with E-state index in [4.69, 9.17) is 0 Å². The number of hydrogen-bond donors (Lipinski definition) is 1. The highest BCUT2D eigenvalue weighted by atomic mass is 127. The molecule has 1 aliphatic heterocycles. The summed E-state index contributed by atoms with van der Waals surface area (Å²) in [6.45, 7) is 0.836. The van der Waals surface area contributed by atoms with Crippen molar-refractivity contribution in [2.24, 2.45) is 0 Å². The molecular weight excluding hydrogens is 315 g/mol. The molecule has 1 unspecified atom stereocenters. The molecule has 0 spiro atoms. The summed E-state index contributed by atoms with van der Waals surface area (Å²) in [6, 6.07) is 0.562. The summed E-state index contributed by atoms with van der Waals surface area (Å²) >= 11 is 0. The fourth-order valence-electron chi connectivity index (χ4n) is 2.10. The number of rotatable bonds is 1. The standard InChI is InChI=1S/C12H24N2O.HI/c1-14(2,3)11-8-6-4-5-7-9-12(15)13-10-11;/h11H,4-10H2,1-3H3;1H. The van der Waals surface area contributed by atoms with E-state index in [9.17, 15) is 4.79 Å². The summed E-state index contributed by atoms with van der Waals surface area (Å²) in [7, 11) is 6.63. The molecule has 0 aliphatic carbocycles. The van der Waals surface area contributed by atoms with Crippen molar-refractivity contribution in [2.45, 2.75) is 44.6 Å². The minimum Gasteiger partial charge on any atom is -1.00 e. The van der Waals surface area contributed by atoms with E-state index < -0.39 is 0 Å². The molecule has 1 atom stereocenters. The van der Waals surface area contributed by atoms with Gasteiger partial charge in [-0.3, -0.25) is 4.79 Å². The van der Waals surface area contributed by atoms with E-state index in [0.717, 1.165) is 17.4 Å². The summed E-state index contributed by atoms with van der Waals surface area (Å²) in [4.78, 5) is 11.5. The molecule has 1 fully saturated rings. The van der Waals surface area contributed by atoms with Crippen molar-refractivity contribution >= 4 is 5.91 Å². The van der Waals surface area contributed by atoms with Gasteiger partial charge in [0.25, 0.3) is 0 Å². The van der Waals surface area contributed by atoms with Crippen molar-refractivity contribution in [3.8, 4) is 0 Å². The van der Waals surface area contributed by atoms with Crippen molar-refractivity contribution in [2.75, 3.05) is 27.7 Å². The minimum absolute atomic E-state index is 0. The largest absolute Gasteiger partial charge is 1.00 e. The molecule has 1 N–H and O–H groups in total. The van der Waals surface area contributed by atoms with Crippen LogP contribution >= 0.6 is 0 Å². The zero-order valence-corrected chi connectivity index (χ0v) is 12.9. The van der Waals surface area contributed by atoms with Crippen LogP contribution in [0, 0.1) is 0 Å². The lowest BCUT2D eigenvalue weighted by Gasteiger charge is -2.34. The molecule has 1 rings (SSSR count). The Kier molecular flexibility index (Phi) is 7.55. The van der Waals surface area contributed by atoms with Gasteiger partial charge >= 0.3 is 0 Å². The first-order chi connectivity index (χ1) is 7.00. The highest BCUT2D eigenvalue weighted by Gasteiger charge is 2.24. The van der Waals surface area contributed by atoms with Crippen LogP contribution in [0.25, 0.3) is 0 Å². The molecule has 1 amide bonds. The number of amides is 1. The number of carbonyl (C=O) groups excluding carboxylic acids is 1. The van der Waals surface area contributed by atoms with Gasteiger partial charge in [0, 0.05) is 12.8 Å². The van der Waals surface area contributed by atoms with E-state index in [1.165, 1.54) is 25.7 Å². The summed E-state index contributed by atoms with van der Waals surface area (Å²) in [6.07, 6.45) is 6.78. The maximum atomic E-state index is 11.5. The van der Waals surface area contributed by atoms with Crippen LogP contribution in [-0.2, 0) is 4.79 Å². The molecule has 0 aromatic rings. The van der Waals surface area contributed by atoms with E-state index in [2.05, 4.69) is 26.5 Å². The molecule has 3 nitrogen and oxygen atoms in total. The number of quaternary nitrogens is 1. The summed E-state index contributed by atoms with van der Waals surface area (Å²) in [5.74, 6) is 0.232. The molecule has 96 valence electrons. The monoisotopic (exact) mass is 340 g/mol. The lowest BCUT2D eigenvalue weighted by molar-refractivity contribution is -0.895. The lowest BCUT2D eigenvalue weighted by atomic mass is 10.0. The van der Waals surface area contributed by atoms with E-state index in [-0.39, 0.29) is 29.9 Å². The molecule has 1 heterocycles. The summed E-state index contributed by atoms with van der Waals surface area (Å²) < 4.78 is 0.945. The van der Waals surface area contributed by atoms with E-state index in [1.54, 1.807) is 0 Å². The first kappa shape index (κ1) is 16.2. The Bertz CT molecular complexity index is 214. The Morgan fingerprint density at radius 1 is 1.12 bits per heavy atom. The minimum atomic E-state index is 0. The maximum absolute atomic E-state index is 11.5. The van der Waals surface area contributed by atoms with E-state index in [0.29, 0.717) is 12.5 Å². The number of carbonyl (C=O) groups is 1. The fourth-order valence-corrected chi connectivity index (χ4v) is 2.10. The number of hydrogen-bond acceptors (Lipinski definition) is 1. The highest BCUT2D eigenvalue weighted by molar-refractivity contribution is 5.75. The van der Waals surface area contributed by atoms with Crippen LogP contribution in [0.5, 0.6) is 0 Å². The molecule has 0 radical (unpaired) electrons. The predicted molar refractivity (Wildman–Crippen MR) is 62.5 cm³/mol. The third-order valence-electron chi connectivity index (χ3n) is 3.32. The highest BCUT2D eigenvalue weighted by Crippen LogP contribution is 2.14. The molecule has 4 heteroatoms. The molecule has 0 aromatic heterocycles. The van der Waals surface area contributed by atoms with Crippen LogP contribution in [0.15, 0.2) is 0 Å². The molecule has 0 aromatic carbocycles. The summed E-state index contributed by atoms with van der Waals surface area (Å²) in [5, 5.41) is 3.05. The van der Waals surface area contributed by atoms with Crippen molar-refractivity contribution in [1.29, 1.82) is 0 Å². The van der Waals surface area contributed by atoms with Crippen LogP contribution in [0.3, 0.4) is 0 Å². The molecule has 1 saturated heterocycles. The second-order valence-corrected chi connectivity index (χ2v) is 5.53. The maximum Gasteiger partial charge on any atom is 0.220 e. The SMILES string of the molecule is C[N+](C)(C)C1CCCCCCC(=O)NC1.[I-]. The van der Waals surface area contributed by atoms with Gasteiger partial charge in [0.05, 0.1) is 27.7 Å². The second kappa shape index (κ2) is 7.48. The van der Waals surface area contributed by atoms with Crippen LogP contribution < -0.4 is 29.3 Å². The molecule has 16 heavy (non-hydrogen) atoms. The fraction of sp³-hybridized carbons (Fsp3) is 0.917. The van der Waals surface area contributed by atoms with Crippen LogP contribution in [-0.4, -0.2) is 44.1 Å². The van der Waals surface area contributed by atoms with E-state index >= 15 is 0 Å². The quantitative estimate of drug-likeness (QED) is 0.459. The van der Waals surface area contributed by atoms with Crippen molar-refractivity contribution in [3.05, 3.63) is 0 Å². The van der Waals surface area contributed by atoms with Crippen LogP contribution in [0.4, 0.5) is 0 Å². The van der Waals surface area contributed by atoms with Crippen LogP contribution in [0.1, 0.15) is 38.5 Å². The second-order valence-electron chi connectivity index (χ2n) is 5.53. The average Bonchev–Trinajstić information content (AvgIpc) is 2.14. The van der Waals surface area contributed by atoms with Crippen molar-refractivity contribution in [3.63, 3.8) is 0 Å². The number of halogens is 1. The normalized spacial score (nSPS) is 24.2. The zero-order chi connectivity index (χ0) is 11.3. The van der Waals surface area contributed by atoms with Crippen molar-refractivity contribution < 1.29 is 33.3 Å². The number of likely N-dealkylation sites (N-methyl/N-ethyl adjacent to an activating group) is 1. The average molecular weight is 340 g/mol. The molecule has 1 aliphatic rings. The van der Waals surface area contributed by atoms with Gasteiger partial charge in [-0.2, -0.15) is 0 Å². The first-order valence-electron chi connectivity index (χ1n) is 6.08. The van der Waals surface area contributed by atoms with Gasteiger partial charge in [0.1, 0.15) is 6.04 Å². The van der Waals surface area contributed by atoms with Gasteiger partial charge < -0.3 is 33.8 Å². The van der Waals surface area contributed by atoms with Gasteiger partial charge in [-0.25, -0.2) is 0 Å². The molecular formula is C12H25IN2O. The predicted octanol–water partition coefficient (Wildman–Crippen LogP) is -1.46. The Morgan fingerprint density at radius 3 is 2.38 bits per heavy atom. The Balaban J connectivity index is 0.00000225. The van der Waals surface area contributed by atoms with Gasteiger partial charge in [-0.1, -0.05) is 12.8 Å². The lowest BCUT2D eigenvalue weighted by Crippen LogP contribution is -3.00. The Hall–Kier alpha value is 0.160. The topological polar surface area (TPSA) is 29.1 Å². The smallest absolute Gasteiger partial charge is 0.220 e. The van der Waals surface area contributed by atoms with Gasteiger partial charge in [0.2, 0.25) is 5.91 Å².